The maximum absolute atomic E-state index is 12.9. The molecule has 0 saturated carbocycles. The van der Waals surface area contributed by atoms with Crippen LogP contribution < -0.4 is 4.74 Å². The van der Waals surface area contributed by atoms with Crippen LogP contribution in [0.5, 0.6) is 5.75 Å². The molecule has 0 atom stereocenters. The Morgan fingerprint density at radius 3 is 2.65 bits per heavy atom. The summed E-state index contributed by atoms with van der Waals surface area (Å²) < 4.78 is 6.93. The second kappa shape index (κ2) is 10.3. The molecule has 1 aliphatic heterocycles. The fraction of sp³-hybridized carbons (Fsp3) is 0.115. The number of amides is 1. The molecule has 1 saturated heterocycles. The van der Waals surface area contributed by atoms with Gasteiger partial charge in [0.25, 0.3) is 5.91 Å². The molecule has 3 aromatic carbocycles. The van der Waals surface area contributed by atoms with E-state index in [1.165, 1.54) is 34.4 Å². The number of hydrogen-bond donors (Lipinski definition) is 1. The van der Waals surface area contributed by atoms with Crippen LogP contribution in [0.15, 0.2) is 81.1 Å². The Labute approximate surface area is 210 Å². The number of aryl methyl sites for hydroxylation is 1. The Morgan fingerprint density at radius 1 is 1.15 bits per heavy atom. The molecule has 0 spiro atoms. The maximum Gasteiger partial charge on any atom is 0.335 e. The van der Waals surface area contributed by atoms with Gasteiger partial charge in [0.05, 0.1) is 16.2 Å². The minimum absolute atomic E-state index is 0.138. The third kappa shape index (κ3) is 5.58. The fourth-order valence-corrected chi connectivity index (χ4v) is 4.58. The van der Waals surface area contributed by atoms with Crippen LogP contribution in [0.1, 0.15) is 27.0 Å². The van der Waals surface area contributed by atoms with Crippen LogP contribution in [0.3, 0.4) is 0 Å². The predicted molar refractivity (Wildman–Crippen MR) is 138 cm³/mol. The van der Waals surface area contributed by atoms with Gasteiger partial charge in [-0.15, -0.1) is 0 Å². The third-order valence-electron chi connectivity index (χ3n) is 5.09. The lowest BCUT2D eigenvalue weighted by atomic mass is 10.1. The largest absolute Gasteiger partial charge is 0.488 e. The van der Waals surface area contributed by atoms with Gasteiger partial charge in [-0.25, -0.2) is 9.79 Å². The van der Waals surface area contributed by atoms with Gasteiger partial charge in [-0.2, -0.15) is 0 Å². The summed E-state index contributed by atoms with van der Waals surface area (Å²) in [6, 6.07) is 20.1. The van der Waals surface area contributed by atoms with Crippen molar-refractivity contribution >= 4 is 56.5 Å². The number of benzene rings is 3. The number of hydrogen-bond acceptors (Lipinski definition) is 5. The number of aromatic carboxylic acids is 1. The lowest BCUT2D eigenvalue weighted by molar-refractivity contribution is -0.121. The van der Waals surface area contributed by atoms with E-state index in [0.717, 1.165) is 15.6 Å². The fourth-order valence-electron chi connectivity index (χ4n) is 3.22. The average Bonchev–Trinajstić information content (AvgIpc) is 3.07. The normalized spacial score (nSPS) is 15.9. The summed E-state index contributed by atoms with van der Waals surface area (Å²) in [6.07, 6.45) is 1.79. The monoisotopic (exact) mass is 536 g/mol. The van der Waals surface area contributed by atoms with Crippen molar-refractivity contribution < 1.29 is 19.4 Å². The first-order valence-corrected chi connectivity index (χ1v) is 12.0. The number of thioether (sulfide) groups is 1. The molecule has 0 aromatic heterocycles. The summed E-state index contributed by atoms with van der Waals surface area (Å²) >= 11 is 4.72. The van der Waals surface area contributed by atoms with Crippen LogP contribution in [-0.4, -0.2) is 34.1 Å². The van der Waals surface area contributed by atoms with Gasteiger partial charge in [0.2, 0.25) is 0 Å². The Balaban J connectivity index is 1.59. The highest BCUT2D eigenvalue weighted by atomic mass is 79.9. The Morgan fingerprint density at radius 2 is 1.91 bits per heavy atom. The van der Waals surface area contributed by atoms with Crippen molar-refractivity contribution in [2.45, 2.75) is 13.5 Å². The zero-order chi connectivity index (χ0) is 24.2. The molecule has 34 heavy (non-hydrogen) atoms. The number of amidine groups is 1. The van der Waals surface area contributed by atoms with Gasteiger partial charge in [-0.3, -0.25) is 9.69 Å². The SMILES string of the molecule is Cc1ccc(COc2ccc(Br)cc2C=C2SC(=Nc3cccc(C(=O)O)c3)N(C)C2=O)cc1. The van der Waals surface area contributed by atoms with Gasteiger partial charge < -0.3 is 9.84 Å². The summed E-state index contributed by atoms with van der Waals surface area (Å²) in [6.45, 7) is 2.45. The summed E-state index contributed by atoms with van der Waals surface area (Å²) in [4.78, 5) is 30.6. The Kier molecular flexibility index (Phi) is 7.19. The van der Waals surface area contributed by atoms with Gasteiger partial charge in [0.1, 0.15) is 12.4 Å². The molecule has 0 unspecified atom stereocenters. The van der Waals surface area contributed by atoms with E-state index in [0.29, 0.717) is 28.1 Å². The highest BCUT2D eigenvalue weighted by molar-refractivity contribution is 9.10. The van der Waals surface area contributed by atoms with Gasteiger partial charge >= 0.3 is 5.97 Å². The zero-order valence-electron chi connectivity index (χ0n) is 18.5. The number of halogens is 1. The number of carboxylic acids is 1. The van der Waals surface area contributed by atoms with E-state index in [1.54, 1.807) is 25.3 Å². The molecular formula is C26H21BrN2O4S. The number of carbonyl (C=O) groups is 2. The van der Waals surface area contributed by atoms with E-state index < -0.39 is 5.97 Å². The van der Waals surface area contributed by atoms with Gasteiger partial charge in [-0.05, 0) is 66.7 Å². The quantitative estimate of drug-likeness (QED) is 0.375. The first-order valence-electron chi connectivity index (χ1n) is 10.4. The van der Waals surface area contributed by atoms with Crippen molar-refractivity contribution in [2.24, 2.45) is 4.99 Å². The van der Waals surface area contributed by atoms with Crippen LogP contribution in [0.4, 0.5) is 5.69 Å². The van der Waals surface area contributed by atoms with Crippen molar-refractivity contribution in [3.05, 3.63) is 98.4 Å². The molecule has 6 nitrogen and oxygen atoms in total. The number of likely N-dealkylation sites (N-methyl/N-ethyl adjacent to an activating group) is 1. The first kappa shape index (κ1) is 23.8. The van der Waals surface area contributed by atoms with Gasteiger partial charge in [-0.1, -0.05) is 51.8 Å². The highest BCUT2D eigenvalue weighted by Crippen LogP contribution is 2.35. The Hall–Kier alpha value is -3.36. The highest BCUT2D eigenvalue weighted by Gasteiger charge is 2.30. The number of carbonyl (C=O) groups excluding carboxylic acids is 1. The van der Waals surface area contributed by atoms with E-state index in [4.69, 9.17) is 4.74 Å². The average molecular weight is 537 g/mol. The lowest BCUT2D eigenvalue weighted by Crippen LogP contribution is -2.23. The van der Waals surface area contributed by atoms with E-state index in [9.17, 15) is 14.7 Å². The van der Waals surface area contributed by atoms with Gasteiger partial charge in [0, 0.05) is 17.1 Å². The molecule has 0 aliphatic carbocycles. The van der Waals surface area contributed by atoms with Crippen molar-refractivity contribution in [3.63, 3.8) is 0 Å². The van der Waals surface area contributed by atoms with Crippen LogP contribution in [0.2, 0.25) is 0 Å². The van der Waals surface area contributed by atoms with Crippen molar-refractivity contribution in [1.29, 1.82) is 0 Å². The summed E-state index contributed by atoms with van der Waals surface area (Å²) in [5.74, 6) is -0.562. The molecule has 172 valence electrons. The third-order valence-corrected chi connectivity index (χ3v) is 6.65. The van der Waals surface area contributed by atoms with Crippen molar-refractivity contribution in [1.82, 2.24) is 4.90 Å². The van der Waals surface area contributed by atoms with E-state index >= 15 is 0 Å². The minimum Gasteiger partial charge on any atom is -0.488 e. The number of ether oxygens (including phenoxy) is 1. The molecule has 3 aromatic rings. The molecule has 4 rings (SSSR count). The van der Waals surface area contributed by atoms with E-state index in [1.807, 2.05) is 49.4 Å². The maximum atomic E-state index is 12.9. The standard InChI is InChI=1S/C26H21BrN2O4S/c1-16-6-8-17(9-7-16)15-33-22-11-10-20(27)12-19(22)14-23-24(30)29(2)26(34-23)28-21-5-3-4-18(13-21)25(31)32/h3-14H,15H2,1-2H3,(H,31,32). The molecule has 1 fully saturated rings. The van der Waals surface area contributed by atoms with E-state index in [2.05, 4.69) is 20.9 Å². The summed E-state index contributed by atoms with van der Waals surface area (Å²) in [7, 11) is 1.64. The molecule has 1 heterocycles. The van der Waals surface area contributed by atoms with Crippen molar-refractivity contribution in [3.8, 4) is 5.75 Å². The molecule has 8 heteroatoms. The molecule has 1 amide bonds. The second-order valence-electron chi connectivity index (χ2n) is 7.68. The van der Waals surface area contributed by atoms with Crippen molar-refractivity contribution in [2.75, 3.05) is 7.05 Å². The smallest absolute Gasteiger partial charge is 0.335 e. The van der Waals surface area contributed by atoms with Crippen LogP contribution >= 0.6 is 27.7 Å². The first-order chi connectivity index (χ1) is 16.3. The van der Waals surface area contributed by atoms with Gasteiger partial charge in [0.15, 0.2) is 5.17 Å². The zero-order valence-corrected chi connectivity index (χ0v) is 20.9. The number of nitrogens with zero attached hydrogens (tertiary/aromatic N) is 2. The van der Waals surface area contributed by atoms with E-state index in [-0.39, 0.29) is 11.5 Å². The Bertz CT molecular complexity index is 1320. The summed E-state index contributed by atoms with van der Waals surface area (Å²) in [5, 5.41) is 9.67. The summed E-state index contributed by atoms with van der Waals surface area (Å²) in [5.41, 5.74) is 3.61. The van der Waals surface area contributed by atoms with Crippen LogP contribution in [-0.2, 0) is 11.4 Å². The number of aliphatic imine (C=N–C) groups is 1. The molecule has 0 radical (unpaired) electrons. The molecular weight excluding hydrogens is 516 g/mol. The minimum atomic E-state index is -1.03. The lowest BCUT2D eigenvalue weighted by Gasteiger charge is -2.11. The topological polar surface area (TPSA) is 79.2 Å². The van der Waals surface area contributed by atoms with Crippen LogP contribution in [0, 0.1) is 6.92 Å². The van der Waals surface area contributed by atoms with Crippen LogP contribution in [0.25, 0.3) is 6.08 Å². The second-order valence-corrected chi connectivity index (χ2v) is 9.61. The number of carboxylic acid groups (broad SMARTS) is 1. The molecule has 1 N–H and O–H groups in total. The predicted octanol–water partition coefficient (Wildman–Crippen LogP) is 6.27. The molecule has 1 aliphatic rings. The molecule has 0 bridgehead atoms. The number of rotatable bonds is 6.